The second kappa shape index (κ2) is 9.31. The number of hydrogen-bond donors (Lipinski definition) is 4. The van der Waals surface area contributed by atoms with Gasteiger partial charge in [-0.3, -0.25) is 4.57 Å². The van der Waals surface area contributed by atoms with Crippen LogP contribution in [0.4, 0.5) is 26.4 Å². The molecule has 2 saturated carbocycles. The number of nitrogens with one attached hydrogen (secondary N) is 2. The molecule has 2 atom stereocenters. The monoisotopic (exact) mass is 486 g/mol. The number of aliphatic hydroxyl groups excluding tert-OH is 1. The molecule has 1 unspecified atom stereocenters. The second-order valence-corrected chi connectivity index (χ2v) is 10.4. The molecule has 0 saturated heterocycles. The molecule has 0 aliphatic heterocycles. The van der Waals surface area contributed by atoms with E-state index in [-0.39, 0.29) is 35.7 Å². The predicted molar refractivity (Wildman–Crippen MR) is 130 cm³/mol. The van der Waals surface area contributed by atoms with E-state index < -0.39 is 17.2 Å². The molecule has 2 fully saturated rings. The molecule has 1 aromatic carbocycles. The maximum absolute atomic E-state index is 14.4. The zero-order valence-corrected chi connectivity index (χ0v) is 20.0. The summed E-state index contributed by atoms with van der Waals surface area (Å²) in [6.45, 7) is 3.62. The second-order valence-electron chi connectivity index (χ2n) is 10.4. The quantitative estimate of drug-likeness (QED) is 0.401. The zero-order valence-electron chi connectivity index (χ0n) is 20.0. The Morgan fingerprint density at radius 3 is 2.40 bits per heavy atom. The maximum Gasteiger partial charge on any atom is 0.224 e. The average Bonchev–Trinajstić information content (AvgIpc) is 3.42. The summed E-state index contributed by atoms with van der Waals surface area (Å²) in [4.78, 5) is 13.8. The number of anilines is 3. The number of hydrogen-bond acceptors (Lipinski definition) is 7. The molecular weight excluding hydrogens is 454 g/mol. The summed E-state index contributed by atoms with van der Waals surface area (Å²) in [5.74, 6) is -0.593. The van der Waals surface area contributed by atoms with Gasteiger partial charge >= 0.3 is 0 Å². The van der Waals surface area contributed by atoms with Gasteiger partial charge in [0.1, 0.15) is 22.8 Å². The van der Waals surface area contributed by atoms with Crippen LogP contribution in [0.15, 0.2) is 24.4 Å². The Kier molecular flexibility index (Phi) is 6.35. The summed E-state index contributed by atoms with van der Waals surface area (Å²) in [5, 5.41) is 26.6. The van der Waals surface area contributed by atoms with Crippen LogP contribution in [0.25, 0.3) is 11.2 Å². The van der Waals surface area contributed by atoms with Crippen molar-refractivity contribution in [3.05, 3.63) is 36.0 Å². The fraction of sp³-hybridized carbons (Fsp3) is 0.560. The molecule has 10 heteroatoms. The molecule has 0 spiro atoms. The van der Waals surface area contributed by atoms with E-state index in [1.54, 1.807) is 6.20 Å². The smallest absolute Gasteiger partial charge is 0.224 e. The predicted octanol–water partition coefficient (Wildman–Crippen LogP) is 4.68. The minimum atomic E-state index is -0.830. The molecular formula is C25H32F2N6O2. The van der Waals surface area contributed by atoms with E-state index in [0.717, 1.165) is 38.5 Å². The highest BCUT2D eigenvalue weighted by molar-refractivity contribution is 5.76. The molecule has 2 heterocycles. The standard InChI is InChI=1S/C25H32F2N6O2/c1-25(2,35)14-6-9-16(12-14)33-22-20(30-24(33)31-21-18(26)4-3-5-19(21)27)13-28-23(32-22)29-15-7-10-17(34)11-8-15/h3-5,13-17,34-35H,6-12H2,1-2H3,(H,30,31)(H,28,29,32)/t14-,15?,16?,17?/m1/s1. The van der Waals surface area contributed by atoms with Gasteiger partial charge in [0.2, 0.25) is 11.9 Å². The fourth-order valence-electron chi connectivity index (χ4n) is 5.36. The van der Waals surface area contributed by atoms with Gasteiger partial charge in [-0.05, 0) is 76.8 Å². The Bertz CT molecular complexity index is 1180. The summed E-state index contributed by atoms with van der Waals surface area (Å²) in [6, 6.07) is 3.82. The van der Waals surface area contributed by atoms with E-state index in [1.165, 1.54) is 18.2 Å². The number of aromatic nitrogens is 4. The lowest BCUT2D eigenvalue weighted by Crippen LogP contribution is -2.29. The molecule has 4 N–H and O–H groups in total. The number of para-hydroxylation sites is 1. The maximum atomic E-state index is 14.4. The average molecular weight is 487 g/mol. The molecule has 2 aliphatic carbocycles. The molecule has 35 heavy (non-hydrogen) atoms. The molecule has 0 radical (unpaired) electrons. The topological polar surface area (TPSA) is 108 Å². The van der Waals surface area contributed by atoms with Crippen molar-refractivity contribution in [3.8, 4) is 0 Å². The van der Waals surface area contributed by atoms with Crippen molar-refractivity contribution in [2.75, 3.05) is 10.6 Å². The van der Waals surface area contributed by atoms with Crippen LogP contribution in [0.5, 0.6) is 0 Å². The highest BCUT2D eigenvalue weighted by Gasteiger charge is 2.37. The number of aliphatic hydroxyl groups is 2. The molecule has 2 aliphatic rings. The summed E-state index contributed by atoms with van der Waals surface area (Å²) in [7, 11) is 0. The van der Waals surface area contributed by atoms with Gasteiger partial charge in [0.25, 0.3) is 0 Å². The molecule has 0 amide bonds. The highest BCUT2D eigenvalue weighted by atomic mass is 19.1. The third-order valence-electron chi connectivity index (χ3n) is 7.43. The number of nitrogens with zero attached hydrogens (tertiary/aromatic N) is 4. The van der Waals surface area contributed by atoms with Crippen LogP contribution >= 0.6 is 0 Å². The number of rotatable bonds is 6. The van der Waals surface area contributed by atoms with E-state index in [0.29, 0.717) is 23.5 Å². The number of halogens is 2. The SMILES string of the molecule is CC(C)(O)[C@@H]1CCC(n2c(Nc3c(F)cccc3F)nc3cnc(NC4CCC(O)CC4)nc32)C1. The van der Waals surface area contributed by atoms with Crippen molar-refractivity contribution in [3.63, 3.8) is 0 Å². The van der Waals surface area contributed by atoms with E-state index in [4.69, 9.17) is 4.98 Å². The minimum Gasteiger partial charge on any atom is -0.393 e. The Morgan fingerprint density at radius 2 is 1.74 bits per heavy atom. The third kappa shape index (κ3) is 4.95. The molecule has 188 valence electrons. The number of fused-ring (bicyclic) bond motifs is 1. The van der Waals surface area contributed by atoms with E-state index >= 15 is 0 Å². The van der Waals surface area contributed by atoms with Crippen LogP contribution in [0.1, 0.15) is 64.8 Å². The Labute approximate surface area is 202 Å². The first kappa shape index (κ1) is 23.9. The van der Waals surface area contributed by atoms with Crippen molar-refractivity contribution in [1.82, 2.24) is 19.5 Å². The molecule has 8 nitrogen and oxygen atoms in total. The summed E-state index contributed by atoms with van der Waals surface area (Å²) in [5.41, 5.74) is -0.0170. The van der Waals surface area contributed by atoms with Crippen LogP contribution in [0.2, 0.25) is 0 Å². The first-order chi connectivity index (χ1) is 16.7. The molecule has 5 rings (SSSR count). The van der Waals surface area contributed by atoms with Gasteiger partial charge in [0.05, 0.1) is 17.9 Å². The Balaban J connectivity index is 1.52. The first-order valence-electron chi connectivity index (χ1n) is 12.3. The normalized spacial score (nSPS) is 25.2. The van der Waals surface area contributed by atoms with Gasteiger partial charge in [0, 0.05) is 12.1 Å². The molecule has 3 aromatic rings. The van der Waals surface area contributed by atoms with Crippen LogP contribution in [0, 0.1) is 17.6 Å². The van der Waals surface area contributed by atoms with Crippen LogP contribution in [-0.2, 0) is 0 Å². The first-order valence-corrected chi connectivity index (χ1v) is 12.3. The lowest BCUT2D eigenvalue weighted by atomic mass is 9.89. The largest absolute Gasteiger partial charge is 0.393 e. The van der Waals surface area contributed by atoms with Crippen molar-refractivity contribution in [1.29, 1.82) is 0 Å². The van der Waals surface area contributed by atoms with Crippen molar-refractivity contribution in [2.24, 2.45) is 5.92 Å². The third-order valence-corrected chi connectivity index (χ3v) is 7.43. The zero-order chi connectivity index (χ0) is 24.7. The van der Waals surface area contributed by atoms with Gasteiger partial charge < -0.3 is 20.8 Å². The summed E-state index contributed by atoms with van der Waals surface area (Å²) >= 11 is 0. The lowest BCUT2D eigenvalue weighted by molar-refractivity contribution is 0.0186. The van der Waals surface area contributed by atoms with E-state index in [9.17, 15) is 19.0 Å². The van der Waals surface area contributed by atoms with Gasteiger partial charge in [-0.25, -0.2) is 18.7 Å². The Morgan fingerprint density at radius 1 is 1.03 bits per heavy atom. The number of benzene rings is 1. The van der Waals surface area contributed by atoms with Crippen molar-refractivity contribution in [2.45, 2.75) is 82.6 Å². The molecule has 2 aromatic heterocycles. The molecule has 0 bridgehead atoms. The Hall–Kier alpha value is -2.85. The van der Waals surface area contributed by atoms with Crippen LogP contribution in [-0.4, -0.2) is 47.5 Å². The van der Waals surface area contributed by atoms with Crippen LogP contribution in [0.3, 0.4) is 0 Å². The van der Waals surface area contributed by atoms with E-state index in [2.05, 4.69) is 20.6 Å². The highest BCUT2D eigenvalue weighted by Crippen LogP contribution is 2.43. The van der Waals surface area contributed by atoms with Gasteiger partial charge in [-0.1, -0.05) is 6.07 Å². The van der Waals surface area contributed by atoms with Gasteiger partial charge in [-0.15, -0.1) is 0 Å². The van der Waals surface area contributed by atoms with Crippen LogP contribution < -0.4 is 10.6 Å². The summed E-state index contributed by atoms with van der Waals surface area (Å²) in [6.07, 6.45) is 6.79. The lowest BCUT2D eigenvalue weighted by Gasteiger charge is -2.26. The van der Waals surface area contributed by atoms with E-state index in [1.807, 2.05) is 18.4 Å². The van der Waals surface area contributed by atoms with Gasteiger partial charge in [-0.2, -0.15) is 4.98 Å². The number of imidazole rings is 1. The minimum absolute atomic E-state index is 0.0543. The fourth-order valence-corrected chi connectivity index (χ4v) is 5.36. The van der Waals surface area contributed by atoms with Crippen molar-refractivity contribution < 1.29 is 19.0 Å². The summed E-state index contributed by atoms with van der Waals surface area (Å²) < 4.78 is 30.8. The van der Waals surface area contributed by atoms with Crippen molar-refractivity contribution >= 4 is 28.7 Å². The van der Waals surface area contributed by atoms with Gasteiger partial charge in [0.15, 0.2) is 5.65 Å².